The van der Waals surface area contributed by atoms with Crippen LogP contribution in [-0.4, -0.2) is 0 Å². The van der Waals surface area contributed by atoms with Gasteiger partial charge in [-0.25, -0.2) is 0 Å². The minimum Gasteiger partial charge on any atom is -0.0622 e. The van der Waals surface area contributed by atoms with Gasteiger partial charge >= 0.3 is 0 Å². The Balaban J connectivity index is 1.57. The predicted molar refractivity (Wildman–Crippen MR) is 187 cm³/mol. The van der Waals surface area contributed by atoms with Gasteiger partial charge in [0.1, 0.15) is 0 Å². The lowest BCUT2D eigenvalue weighted by Gasteiger charge is -2.29. The molecule has 0 nitrogen and oxygen atoms in total. The fraction of sp³-hybridized carbons (Fsp3) is 0.136. The second-order valence-corrected chi connectivity index (χ2v) is 13.6. The Kier molecular flexibility index (Phi) is 5.11. The fourth-order valence-corrected chi connectivity index (χ4v) is 8.76. The fourth-order valence-electron chi connectivity index (χ4n) is 8.76. The summed E-state index contributed by atoms with van der Waals surface area (Å²) in [5.74, 6) is 0. The highest BCUT2D eigenvalue weighted by molar-refractivity contribution is 6.25. The molecule has 0 spiro atoms. The van der Waals surface area contributed by atoms with Crippen LogP contribution in [0.25, 0.3) is 66.1 Å². The van der Waals surface area contributed by atoms with Gasteiger partial charge in [0.15, 0.2) is 0 Å². The Morgan fingerprint density at radius 3 is 1.11 bits per heavy atom. The van der Waals surface area contributed by atoms with E-state index < -0.39 is 0 Å². The molecule has 7 aromatic rings. The van der Waals surface area contributed by atoms with Crippen LogP contribution in [0.1, 0.15) is 49.9 Å². The zero-order valence-electron chi connectivity index (χ0n) is 25.7. The van der Waals surface area contributed by atoms with Crippen LogP contribution in [0.15, 0.2) is 133 Å². The molecule has 9 rings (SSSR count). The second-order valence-electron chi connectivity index (χ2n) is 13.6. The topological polar surface area (TPSA) is 0 Å². The van der Waals surface area contributed by atoms with Crippen molar-refractivity contribution in [2.75, 3.05) is 0 Å². The molecular formula is C44H34. The standard InChI is InChI=1S/C44H34/c1-43(2)35-21-13-11-19-29(35)31-23-25-33-38(28-17-9-6-10-18-28)40-34(37(39(33)41(31)43)27-15-7-5-8-16-27)26-24-32-30-20-12-14-22-36(30)44(3,4)42(32)40/h5-26H,1-4H3. The summed E-state index contributed by atoms with van der Waals surface area (Å²) < 4.78 is 0. The molecule has 0 amide bonds. The van der Waals surface area contributed by atoms with Crippen molar-refractivity contribution >= 4 is 21.5 Å². The maximum Gasteiger partial charge on any atom is 0.0165 e. The lowest BCUT2D eigenvalue weighted by Crippen LogP contribution is -2.17. The molecule has 0 heteroatoms. The Morgan fingerprint density at radius 1 is 0.341 bits per heavy atom. The van der Waals surface area contributed by atoms with Gasteiger partial charge in [-0.05, 0) is 88.3 Å². The van der Waals surface area contributed by atoms with Crippen LogP contribution in [0.5, 0.6) is 0 Å². The summed E-state index contributed by atoms with van der Waals surface area (Å²) in [4.78, 5) is 0. The van der Waals surface area contributed by atoms with Crippen LogP contribution >= 0.6 is 0 Å². The molecule has 0 heterocycles. The van der Waals surface area contributed by atoms with E-state index in [0.29, 0.717) is 0 Å². The molecule has 0 radical (unpaired) electrons. The minimum atomic E-state index is -0.136. The van der Waals surface area contributed by atoms with E-state index in [9.17, 15) is 0 Å². The largest absolute Gasteiger partial charge is 0.0622 e. The van der Waals surface area contributed by atoms with Crippen LogP contribution in [-0.2, 0) is 10.8 Å². The summed E-state index contributed by atoms with van der Waals surface area (Å²) in [5.41, 5.74) is 16.1. The van der Waals surface area contributed by atoms with Crippen LogP contribution in [0.3, 0.4) is 0 Å². The van der Waals surface area contributed by atoms with Crippen LogP contribution < -0.4 is 0 Å². The smallest absolute Gasteiger partial charge is 0.0165 e. The molecule has 0 saturated carbocycles. The molecule has 0 atom stereocenters. The van der Waals surface area contributed by atoms with Gasteiger partial charge in [-0.1, -0.05) is 161 Å². The first kappa shape index (κ1) is 25.5. The first-order valence-corrected chi connectivity index (χ1v) is 15.8. The summed E-state index contributed by atoms with van der Waals surface area (Å²) in [6.07, 6.45) is 0. The molecular weight excluding hydrogens is 528 g/mol. The van der Waals surface area contributed by atoms with Gasteiger partial charge in [-0.15, -0.1) is 0 Å². The molecule has 0 bridgehead atoms. The molecule has 0 aromatic heterocycles. The van der Waals surface area contributed by atoms with Crippen molar-refractivity contribution in [2.45, 2.75) is 38.5 Å². The number of fused-ring (bicyclic) bond motifs is 10. The summed E-state index contributed by atoms with van der Waals surface area (Å²) in [7, 11) is 0. The van der Waals surface area contributed by atoms with E-state index in [1.807, 2.05) is 0 Å². The number of benzene rings is 7. The first-order valence-electron chi connectivity index (χ1n) is 15.8. The van der Waals surface area contributed by atoms with Gasteiger partial charge in [0.05, 0.1) is 0 Å². The zero-order chi connectivity index (χ0) is 29.8. The predicted octanol–water partition coefficient (Wildman–Crippen LogP) is 11.9. The van der Waals surface area contributed by atoms with Crippen LogP contribution in [0.4, 0.5) is 0 Å². The summed E-state index contributed by atoms with van der Waals surface area (Å²) in [5, 5.41) is 5.44. The molecule has 210 valence electrons. The average molecular weight is 563 g/mol. The molecule has 0 N–H and O–H groups in total. The van der Waals surface area contributed by atoms with E-state index in [0.717, 1.165) is 0 Å². The average Bonchev–Trinajstić information content (AvgIpc) is 3.44. The van der Waals surface area contributed by atoms with Crippen molar-refractivity contribution in [3.05, 3.63) is 156 Å². The third-order valence-electron chi connectivity index (χ3n) is 10.6. The van der Waals surface area contributed by atoms with Crippen LogP contribution in [0, 0.1) is 0 Å². The molecule has 0 fully saturated rings. The van der Waals surface area contributed by atoms with Gasteiger partial charge in [0.2, 0.25) is 0 Å². The third kappa shape index (κ3) is 3.18. The molecule has 44 heavy (non-hydrogen) atoms. The van der Waals surface area contributed by atoms with E-state index in [-0.39, 0.29) is 10.8 Å². The second kappa shape index (κ2) is 8.80. The summed E-state index contributed by atoms with van der Waals surface area (Å²) in [6, 6.07) is 49.9. The molecule has 2 aliphatic rings. The van der Waals surface area contributed by atoms with E-state index in [1.165, 1.54) is 88.3 Å². The Hall–Kier alpha value is -4.94. The van der Waals surface area contributed by atoms with E-state index >= 15 is 0 Å². The van der Waals surface area contributed by atoms with E-state index in [1.54, 1.807) is 0 Å². The lowest BCUT2D eigenvalue weighted by molar-refractivity contribution is 0.665. The maximum absolute atomic E-state index is 2.43. The molecule has 7 aromatic carbocycles. The van der Waals surface area contributed by atoms with Crippen molar-refractivity contribution in [3.8, 4) is 44.5 Å². The van der Waals surface area contributed by atoms with Gasteiger partial charge < -0.3 is 0 Å². The molecule has 0 aliphatic heterocycles. The van der Waals surface area contributed by atoms with Gasteiger partial charge in [-0.3, -0.25) is 0 Å². The van der Waals surface area contributed by atoms with E-state index in [2.05, 4.69) is 161 Å². The Bertz CT molecular complexity index is 2130. The first-order chi connectivity index (χ1) is 21.4. The highest BCUT2D eigenvalue weighted by Crippen LogP contribution is 2.59. The van der Waals surface area contributed by atoms with Gasteiger partial charge in [0.25, 0.3) is 0 Å². The normalized spacial score (nSPS) is 15.2. The number of rotatable bonds is 2. The van der Waals surface area contributed by atoms with Crippen LogP contribution in [0.2, 0.25) is 0 Å². The van der Waals surface area contributed by atoms with Gasteiger partial charge in [0, 0.05) is 10.8 Å². The third-order valence-corrected chi connectivity index (χ3v) is 10.6. The van der Waals surface area contributed by atoms with E-state index in [4.69, 9.17) is 0 Å². The summed E-state index contributed by atoms with van der Waals surface area (Å²) in [6.45, 7) is 9.67. The lowest BCUT2D eigenvalue weighted by atomic mass is 9.73. The van der Waals surface area contributed by atoms with Gasteiger partial charge in [-0.2, -0.15) is 0 Å². The van der Waals surface area contributed by atoms with Crippen molar-refractivity contribution in [3.63, 3.8) is 0 Å². The zero-order valence-corrected chi connectivity index (χ0v) is 25.7. The maximum atomic E-state index is 2.43. The SMILES string of the molecule is CC1(C)c2ccccc2-c2ccc3c(-c4ccccc4)c4c5c(ccc4c(-c4ccccc4)c3c21)-c1ccccc1C5(C)C. The minimum absolute atomic E-state index is 0.136. The molecule has 0 unspecified atom stereocenters. The highest BCUT2D eigenvalue weighted by Gasteiger charge is 2.41. The molecule has 2 aliphatic carbocycles. The summed E-state index contributed by atoms with van der Waals surface area (Å²) >= 11 is 0. The van der Waals surface area contributed by atoms with Crippen molar-refractivity contribution in [1.82, 2.24) is 0 Å². The Morgan fingerprint density at radius 2 is 0.705 bits per heavy atom. The number of hydrogen-bond acceptors (Lipinski definition) is 0. The molecule has 0 saturated heterocycles. The Labute approximate surface area is 259 Å². The number of hydrogen-bond donors (Lipinski definition) is 0. The van der Waals surface area contributed by atoms with Crippen molar-refractivity contribution in [1.29, 1.82) is 0 Å². The quantitative estimate of drug-likeness (QED) is 0.184. The van der Waals surface area contributed by atoms with Crippen molar-refractivity contribution in [2.24, 2.45) is 0 Å². The monoisotopic (exact) mass is 562 g/mol. The van der Waals surface area contributed by atoms with Crippen molar-refractivity contribution < 1.29 is 0 Å². The highest BCUT2D eigenvalue weighted by atomic mass is 14.4.